The van der Waals surface area contributed by atoms with Gasteiger partial charge >= 0.3 is 0 Å². The van der Waals surface area contributed by atoms with Gasteiger partial charge in [-0.2, -0.15) is 10.2 Å². The molecule has 6 heteroatoms. The lowest BCUT2D eigenvalue weighted by molar-refractivity contribution is 0.970. The van der Waals surface area contributed by atoms with E-state index in [1.165, 1.54) is 6.20 Å². The number of nitrogens with zero attached hydrogens (tertiary/aromatic N) is 2. The largest absolute Gasteiger partial charge is 0.280 e. The lowest BCUT2D eigenvalue weighted by Gasteiger charge is -2.07. The summed E-state index contributed by atoms with van der Waals surface area (Å²) in [6.45, 7) is 2.10. The molecule has 0 saturated carbocycles. The summed E-state index contributed by atoms with van der Waals surface area (Å²) in [5.41, 5.74) is 5.16. The van der Waals surface area contributed by atoms with Crippen molar-refractivity contribution < 1.29 is 0 Å². The molecule has 0 amide bonds. The summed E-state index contributed by atoms with van der Waals surface area (Å²) in [7, 11) is 0. The molecule has 0 fully saturated rings. The van der Waals surface area contributed by atoms with Crippen molar-refractivity contribution in [2.75, 3.05) is 5.43 Å². The summed E-state index contributed by atoms with van der Waals surface area (Å²) in [6.07, 6.45) is 3.36. The molecule has 104 valence electrons. The maximum atomic E-state index is 11.4. The van der Waals surface area contributed by atoms with Crippen LogP contribution in [0.2, 0.25) is 0 Å². The molecule has 1 aromatic heterocycles. The third kappa shape index (κ3) is 3.54. The number of aromatic amines is 1. The van der Waals surface area contributed by atoms with Crippen LogP contribution < -0.4 is 11.0 Å². The highest BCUT2D eigenvalue weighted by atomic mass is 79.9. The van der Waals surface area contributed by atoms with Crippen LogP contribution in [0.1, 0.15) is 25.3 Å². The molecule has 0 aliphatic carbocycles. The van der Waals surface area contributed by atoms with E-state index in [0.717, 1.165) is 24.1 Å². The molecule has 0 aliphatic heterocycles. The zero-order valence-corrected chi connectivity index (χ0v) is 12.6. The van der Waals surface area contributed by atoms with Gasteiger partial charge < -0.3 is 0 Å². The van der Waals surface area contributed by atoms with Crippen molar-refractivity contribution in [1.82, 2.24) is 10.2 Å². The van der Waals surface area contributed by atoms with E-state index in [1.807, 2.05) is 30.3 Å². The van der Waals surface area contributed by atoms with Crippen LogP contribution in [0, 0.1) is 0 Å². The molecule has 2 aromatic rings. The molecule has 0 saturated heterocycles. The minimum absolute atomic E-state index is 0.290. The average Bonchev–Trinajstić information content (AvgIpc) is 2.48. The van der Waals surface area contributed by atoms with Crippen molar-refractivity contribution in [3.63, 3.8) is 0 Å². The number of hydrazone groups is 1. The van der Waals surface area contributed by atoms with Gasteiger partial charge in [0.1, 0.15) is 4.47 Å². The van der Waals surface area contributed by atoms with Crippen molar-refractivity contribution in [3.05, 3.63) is 56.9 Å². The summed E-state index contributed by atoms with van der Waals surface area (Å²) in [4.78, 5) is 11.4. The Morgan fingerprint density at radius 1 is 1.40 bits per heavy atom. The quantitative estimate of drug-likeness (QED) is 0.651. The summed E-state index contributed by atoms with van der Waals surface area (Å²) < 4.78 is 0.389. The molecule has 0 unspecified atom stereocenters. The first-order valence-electron chi connectivity index (χ1n) is 6.33. The number of hydrogen-bond acceptors (Lipinski definition) is 4. The Hall–Kier alpha value is -1.95. The van der Waals surface area contributed by atoms with E-state index in [1.54, 1.807) is 0 Å². The predicted octanol–water partition coefficient (Wildman–Crippen LogP) is 3.15. The molecule has 0 atom stereocenters. The average molecular weight is 335 g/mol. The van der Waals surface area contributed by atoms with Gasteiger partial charge in [-0.15, -0.1) is 0 Å². The van der Waals surface area contributed by atoms with Crippen molar-refractivity contribution >= 4 is 27.3 Å². The normalized spacial score (nSPS) is 11.4. The van der Waals surface area contributed by atoms with Gasteiger partial charge in [-0.05, 0) is 27.9 Å². The first-order chi connectivity index (χ1) is 9.72. The SMILES string of the molecule is CCC/C(=N\Nc1cn[nH]c(=O)c1Br)c1ccccc1. The zero-order valence-electron chi connectivity index (χ0n) is 11.1. The molecule has 2 N–H and O–H groups in total. The molecule has 0 bridgehead atoms. The second-order valence-electron chi connectivity index (χ2n) is 4.21. The van der Waals surface area contributed by atoms with E-state index in [4.69, 9.17) is 0 Å². The van der Waals surface area contributed by atoms with Crippen LogP contribution in [0.4, 0.5) is 5.69 Å². The van der Waals surface area contributed by atoms with Crippen LogP contribution in [-0.4, -0.2) is 15.9 Å². The minimum atomic E-state index is -0.290. The van der Waals surface area contributed by atoms with Gasteiger partial charge in [-0.1, -0.05) is 43.7 Å². The monoisotopic (exact) mass is 334 g/mol. The van der Waals surface area contributed by atoms with Crippen LogP contribution in [0.5, 0.6) is 0 Å². The van der Waals surface area contributed by atoms with Gasteiger partial charge in [-0.3, -0.25) is 10.2 Å². The van der Waals surface area contributed by atoms with Gasteiger partial charge in [0.25, 0.3) is 5.56 Å². The Balaban J connectivity index is 2.26. The highest BCUT2D eigenvalue weighted by Crippen LogP contribution is 2.16. The third-order valence-electron chi connectivity index (χ3n) is 2.70. The van der Waals surface area contributed by atoms with Crippen LogP contribution in [0.25, 0.3) is 0 Å². The van der Waals surface area contributed by atoms with Crippen molar-refractivity contribution in [2.24, 2.45) is 5.10 Å². The van der Waals surface area contributed by atoms with Crippen molar-refractivity contribution in [3.8, 4) is 0 Å². The lowest BCUT2D eigenvalue weighted by Crippen LogP contribution is -2.11. The molecule has 5 nitrogen and oxygen atoms in total. The number of H-pyrrole nitrogens is 1. The summed E-state index contributed by atoms with van der Waals surface area (Å²) >= 11 is 3.21. The van der Waals surface area contributed by atoms with E-state index in [0.29, 0.717) is 10.2 Å². The summed E-state index contributed by atoms with van der Waals surface area (Å²) in [6, 6.07) is 9.96. The maximum Gasteiger partial charge on any atom is 0.280 e. The Morgan fingerprint density at radius 2 is 2.15 bits per heavy atom. The number of rotatable bonds is 5. The molecule has 0 aliphatic rings. The number of aromatic nitrogens is 2. The Morgan fingerprint density at radius 3 is 2.85 bits per heavy atom. The van der Waals surface area contributed by atoms with Crippen LogP contribution in [0.15, 0.2) is 50.9 Å². The standard InChI is InChI=1S/C14H15BrN4O/c1-2-6-11(10-7-4-3-5-8-10)17-18-12-9-16-19-14(20)13(12)15/h3-5,7-9H,2,6H2,1H3,(H2,18,19,20)/b17-11+. The fourth-order valence-electron chi connectivity index (χ4n) is 1.72. The molecule has 0 radical (unpaired) electrons. The first-order valence-corrected chi connectivity index (χ1v) is 7.13. The van der Waals surface area contributed by atoms with Crippen LogP contribution >= 0.6 is 15.9 Å². The maximum absolute atomic E-state index is 11.4. The van der Waals surface area contributed by atoms with Crippen LogP contribution in [-0.2, 0) is 0 Å². The van der Waals surface area contributed by atoms with E-state index in [2.05, 4.69) is 43.6 Å². The predicted molar refractivity (Wildman–Crippen MR) is 84.1 cm³/mol. The fourth-order valence-corrected chi connectivity index (χ4v) is 2.00. The minimum Gasteiger partial charge on any atom is -0.275 e. The Labute approximate surface area is 125 Å². The van der Waals surface area contributed by atoms with Gasteiger partial charge in [-0.25, -0.2) is 5.10 Å². The third-order valence-corrected chi connectivity index (χ3v) is 3.49. The second-order valence-corrected chi connectivity index (χ2v) is 5.01. The lowest BCUT2D eigenvalue weighted by atomic mass is 10.1. The smallest absolute Gasteiger partial charge is 0.275 e. The highest BCUT2D eigenvalue weighted by molar-refractivity contribution is 9.10. The summed E-state index contributed by atoms with van der Waals surface area (Å²) in [5, 5.41) is 10.5. The molecular weight excluding hydrogens is 320 g/mol. The van der Waals surface area contributed by atoms with Gasteiger partial charge in [0.05, 0.1) is 17.6 Å². The van der Waals surface area contributed by atoms with Gasteiger partial charge in [0.15, 0.2) is 0 Å². The van der Waals surface area contributed by atoms with Gasteiger partial charge in [0, 0.05) is 0 Å². The highest BCUT2D eigenvalue weighted by Gasteiger charge is 2.05. The number of anilines is 1. The molecule has 1 heterocycles. The Bertz CT molecular complexity index is 652. The summed E-state index contributed by atoms with van der Waals surface area (Å²) in [5.74, 6) is 0. The van der Waals surface area contributed by atoms with E-state index < -0.39 is 0 Å². The second kappa shape index (κ2) is 7.00. The van der Waals surface area contributed by atoms with E-state index in [-0.39, 0.29) is 5.56 Å². The fraction of sp³-hybridized carbons (Fsp3) is 0.214. The number of benzene rings is 1. The van der Waals surface area contributed by atoms with Gasteiger partial charge in [0.2, 0.25) is 0 Å². The van der Waals surface area contributed by atoms with Crippen molar-refractivity contribution in [2.45, 2.75) is 19.8 Å². The first kappa shape index (κ1) is 14.5. The number of halogens is 1. The van der Waals surface area contributed by atoms with E-state index in [9.17, 15) is 4.79 Å². The molecular formula is C14H15BrN4O. The van der Waals surface area contributed by atoms with E-state index >= 15 is 0 Å². The molecule has 20 heavy (non-hydrogen) atoms. The topological polar surface area (TPSA) is 70.1 Å². The van der Waals surface area contributed by atoms with Crippen molar-refractivity contribution in [1.29, 1.82) is 0 Å². The number of hydrogen-bond donors (Lipinski definition) is 2. The molecule has 2 rings (SSSR count). The molecule has 0 spiro atoms. The zero-order chi connectivity index (χ0) is 14.4. The van der Waals surface area contributed by atoms with Crippen LogP contribution in [0.3, 0.4) is 0 Å². The Kier molecular flexibility index (Phi) is 5.06. The molecule has 1 aromatic carbocycles. The number of nitrogens with one attached hydrogen (secondary N) is 2.